The molecule has 1 N–H and O–H groups in total. The van der Waals surface area contributed by atoms with E-state index >= 15 is 0 Å². The summed E-state index contributed by atoms with van der Waals surface area (Å²) in [6.07, 6.45) is 2.06. The van der Waals surface area contributed by atoms with E-state index in [0.29, 0.717) is 18.1 Å². The van der Waals surface area contributed by atoms with Gasteiger partial charge in [-0.3, -0.25) is 4.79 Å². The topological polar surface area (TPSA) is 63.1 Å². The summed E-state index contributed by atoms with van der Waals surface area (Å²) in [7, 11) is 0. The summed E-state index contributed by atoms with van der Waals surface area (Å²) < 4.78 is 0. The van der Waals surface area contributed by atoms with Crippen molar-refractivity contribution in [3.63, 3.8) is 0 Å². The molecule has 1 fully saturated rings. The molecule has 1 aliphatic heterocycles. The molecule has 2 atom stereocenters. The first-order valence-corrected chi connectivity index (χ1v) is 9.14. The van der Waals surface area contributed by atoms with Gasteiger partial charge in [0.25, 0.3) is 0 Å². The fourth-order valence-corrected chi connectivity index (χ4v) is 5.40. The van der Waals surface area contributed by atoms with Crippen molar-refractivity contribution in [2.24, 2.45) is 5.92 Å². The van der Waals surface area contributed by atoms with Gasteiger partial charge in [-0.1, -0.05) is 0 Å². The number of fused-ring (bicyclic) bond motifs is 1. The summed E-state index contributed by atoms with van der Waals surface area (Å²) in [5, 5.41) is 9.56. The fourth-order valence-electron chi connectivity index (χ4n) is 2.80. The maximum atomic E-state index is 11.1. The summed E-state index contributed by atoms with van der Waals surface area (Å²) >= 11 is 3.91. The number of aromatic nitrogens is 2. The molecule has 108 valence electrons. The van der Waals surface area contributed by atoms with E-state index < -0.39 is 5.97 Å². The van der Waals surface area contributed by atoms with Gasteiger partial charge in [-0.05, 0) is 31.7 Å². The Kier molecular flexibility index (Phi) is 4.21. The lowest BCUT2D eigenvalue weighted by atomic mass is 9.86. The Morgan fingerprint density at radius 2 is 2.20 bits per heavy atom. The van der Waals surface area contributed by atoms with Crippen LogP contribution in [0.2, 0.25) is 0 Å². The molecule has 2 unspecified atom stereocenters. The van der Waals surface area contributed by atoms with Crippen molar-refractivity contribution in [2.45, 2.75) is 31.4 Å². The van der Waals surface area contributed by atoms with E-state index in [1.165, 1.54) is 5.75 Å². The van der Waals surface area contributed by atoms with Gasteiger partial charge in [-0.2, -0.15) is 11.8 Å². The highest BCUT2D eigenvalue weighted by atomic mass is 32.2. The predicted molar refractivity (Wildman–Crippen MR) is 82.4 cm³/mol. The zero-order valence-corrected chi connectivity index (χ0v) is 13.1. The average Bonchev–Trinajstić information content (AvgIpc) is 2.47. The molecule has 6 heteroatoms. The van der Waals surface area contributed by atoms with Crippen LogP contribution in [0.4, 0.5) is 0 Å². The van der Waals surface area contributed by atoms with E-state index in [1.54, 1.807) is 0 Å². The first-order valence-electron chi connectivity index (χ1n) is 6.93. The Morgan fingerprint density at radius 1 is 1.35 bits per heavy atom. The quantitative estimate of drug-likeness (QED) is 0.905. The van der Waals surface area contributed by atoms with Crippen molar-refractivity contribution in [1.82, 2.24) is 9.97 Å². The van der Waals surface area contributed by atoms with E-state index in [2.05, 4.69) is 4.98 Å². The molecule has 0 radical (unpaired) electrons. The van der Waals surface area contributed by atoms with Crippen LogP contribution in [0.5, 0.6) is 0 Å². The molecule has 0 aromatic carbocycles. The van der Waals surface area contributed by atoms with Crippen molar-refractivity contribution in [3.05, 3.63) is 22.8 Å². The van der Waals surface area contributed by atoms with Crippen LogP contribution in [0.25, 0.3) is 0 Å². The van der Waals surface area contributed by atoms with E-state index in [-0.39, 0.29) is 5.92 Å². The Bertz CT molecular complexity index is 530. The van der Waals surface area contributed by atoms with Crippen LogP contribution in [-0.4, -0.2) is 38.3 Å². The Morgan fingerprint density at radius 3 is 2.90 bits per heavy atom. The van der Waals surface area contributed by atoms with Crippen molar-refractivity contribution >= 4 is 29.5 Å². The second-order valence-electron chi connectivity index (χ2n) is 5.30. The van der Waals surface area contributed by atoms with Gasteiger partial charge in [0.05, 0.1) is 11.2 Å². The number of rotatable bonds is 2. The molecule has 0 saturated carbocycles. The lowest BCUT2D eigenvalue weighted by Crippen LogP contribution is -2.25. The van der Waals surface area contributed by atoms with Gasteiger partial charge in [0, 0.05) is 28.6 Å². The van der Waals surface area contributed by atoms with Gasteiger partial charge in [-0.15, -0.1) is 11.8 Å². The Labute approximate surface area is 127 Å². The van der Waals surface area contributed by atoms with Crippen LogP contribution < -0.4 is 0 Å². The van der Waals surface area contributed by atoms with Crippen LogP contribution >= 0.6 is 23.5 Å². The van der Waals surface area contributed by atoms with Gasteiger partial charge in [0.2, 0.25) is 0 Å². The van der Waals surface area contributed by atoms with Gasteiger partial charge < -0.3 is 5.11 Å². The minimum absolute atomic E-state index is 0.268. The predicted octanol–water partition coefficient (Wildman–Crippen LogP) is 2.50. The SMILES string of the molecule is Cc1nc(C2CSCCS2)nc2c1CC(C(=O)O)CC2. The molecule has 1 aromatic rings. The summed E-state index contributed by atoms with van der Waals surface area (Å²) in [5.74, 6) is 3.45. The van der Waals surface area contributed by atoms with E-state index in [4.69, 9.17) is 10.1 Å². The van der Waals surface area contributed by atoms with Crippen LogP contribution in [0, 0.1) is 12.8 Å². The minimum Gasteiger partial charge on any atom is -0.481 e. The first kappa shape index (κ1) is 14.2. The Hall–Kier alpha value is -0.750. The number of aryl methyl sites for hydroxylation is 2. The summed E-state index contributed by atoms with van der Waals surface area (Å²) in [4.78, 5) is 20.6. The third-order valence-corrected chi connectivity index (χ3v) is 6.70. The number of aliphatic carboxylic acids is 1. The monoisotopic (exact) mass is 310 g/mol. The average molecular weight is 310 g/mol. The summed E-state index contributed by atoms with van der Waals surface area (Å²) in [5.41, 5.74) is 3.13. The lowest BCUT2D eigenvalue weighted by Gasteiger charge is -2.25. The van der Waals surface area contributed by atoms with Gasteiger partial charge >= 0.3 is 5.97 Å². The number of carboxylic acids is 1. The van der Waals surface area contributed by atoms with Crippen molar-refractivity contribution < 1.29 is 9.90 Å². The fraction of sp³-hybridized carbons (Fsp3) is 0.643. The summed E-state index contributed by atoms with van der Waals surface area (Å²) in [6.45, 7) is 1.99. The third-order valence-electron chi connectivity index (χ3n) is 3.95. The molecule has 3 rings (SSSR count). The van der Waals surface area contributed by atoms with E-state index in [9.17, 15) is 4.79 Å². The molecule has 1 saturated heterocycles. The highest BCUT2D eigenvalue weighted by Crippen LogP contribution is 2.36. The molecule has 20 heavy (non-hydrogen) atoms. The van der Waals surface area contributed by atoms with Gasteiger partial charge in [0.15, 0.2) is 0 Å². The number of thioether (sulfide) groups is 2. The summed E-state index contributed by atoms with van der Waals surface area (Å²) in [6, 6.07) is 0. The smallest absolute Gasteiger partial charge is 0.306 e. The molecule has 0 spiro atoms. The van der Waals surface area contributed by atoms with Crippen LogP contribution in [0.1, 0.15) is 34.4 Å². The number of hydrogen-bond donors (Lipinski definition) is 1. The molecule has 0 amide bonds. The van der Waals surface area contributed by atoms with Crippen molar-refractivity contribution in [3.8, 4) is 0 Å². The maximum Gasteiger partial charge on any atom is 0.306 e. The molecule has 2 heterocycles. The molecular weight excluding hydrogens is 292 g/mol. The highest BCUT2D eigenvalue weighted by molar-refractivity contribution is 8.06. The van der Waals surface area contributed by atoms with E-state index in [1.807, 2.05) is 30.4 Å². The number of hydrogen-bond acceptors (Lipinski definition) is 5. The molecular formula is C14H18N2O2S2. The van der Waals surface area contributed by atoms with Gasteiger partial charge in [-0.25, -0.2) is 9.97 Å². The van der Waals surface area contributed by atoms with Crippen LogP contribution in [0.15, 0.2) is 0 Å². The Balaban J connectivity index is 1.87. The molecule has 4 nitrogen and oxygen atoms in total. The lowest BCUT2D eigenvalue weighted by molar-refractivity contribution is -0.142. The van der Waals surface area contributed by atoms with Gasteiger partial charge in [0.1, 0.15) is 5.82 Å². The second kappa shape index (κ2) is 5.93. The molecule has 1 aliphatic carbocycles. The highest BCUT2D eigenvalue weighted by Gasteiger charge is 2.28. The van der Waals surface area contributed by atoms with Crippen molar-refractivity contribution in [2.75, 3.05) is 17.3 Å². The van der Waals surface area contributed by atoms with Crippen LogP contribution in [-0.2, 0) is 17.6 Å². The van der Waals surface area contributed by atoms with E-state index in [0.717, 1.165) is 40.7 Å². The third kappa shape index (κ3) is 2.81. The second-order valence-corrected chi connectivity index (χ2v) is 7.77. The maximum absolute atomic E-state index is 11.1. The zero-order valence-electron chi connectivity index (χ0n) is 11.5. The molecule has 0 bridgehead atoms. The number of carbonyl (C=O) groups is 1. The first-order chi connectivity index (χ1) is 9.65. The standard InChI is InChI=1S/C14H18N2O2S2/c1-8-10-6-9(14(17)18)2-3-11(10)16-13(15-8)12-7-19-4-5-20-12/h9,12H,2-7H2,1H3,(H,17,18). The van der Waals surface area contributed by atoms with Crippen LogP contribution in [0.3, 0.4) is 0 Å². The molecule has 2 aliphatic rings. The van der Waals surface area contributed by atoms with Crippen molar-refractivity contribution in [1.29, 1.82) is 0 Å². The number of carboxylic acid groups (broad SMARTS) is 1. The largest absolute Gasteiger partial charge is 0.481 e. The molecule has 1 aromatic heterocycles. The number of nitrogens with zero attached hydrogens (tertiary/aromatic N) is 2. The minimum atomic E-state index is -0.696. The zero-order chi connectivity index (χ0) is 14.1. The normalized spacial score (nSPS) is 26.1.